The summed E-state index contributed by atoms with van der Waals surface area (Å²) in [6.45, 7) is 1.33. The fraction of sp³-hybridized carbons (Fsp3) is 0.538. The van der Waals surface area contributed by atoms with E-state index in [0.29, 0.717) is 19.4 Å². The van der Waals surface area contributed by atoms with Gasteiger partial charge in [0.05, 0.1) is 18.3 Å². The first kappa shape index (κ1) is 16.3. The van der Waals surface area contributed by atoms with Crippen LogP contribution in [0.4, 0.5) is 8.78 Å². The summed E-state index contributed by atoms with van der Waals surface area (Å²) in [4.78, 5) is -0.660. The minimum absolute atomic E-state index is 0.0856. The van der Waals surface area contributed by atoms with Gasteiger partial charge in [-0.1, -0.05) is 0 Å². The Kier molecular flexibility index (Phi) is 4.92. The summed E-state index contributed by atoms with van der Waals surface area (Å²) in [7, 11) is -4.12. The molecular weight excluding hydrogens is 304 g/mol. The molecule has 1 aliphatic rings. The Labute approximate surface area is 122 Å². The summed E-state index contributed by atoms with van der Waals surface area (Å²) in [6.07, 6.45) is 0.881. The Balaban J connectivity index is 2.27. The minimum atomic E-state index is -4.12. The van der Waals surface area contributed by atoms with E-state index < -0.39 is 38.7 Å². The predicted molar refractivity (Wildman–Crippen MR) is 71.0 cm³/mol. The van der Waals surface area contributed by atoms with E-state index in [2.05, 4.69) is 4.72 Å². The van der Waals surface area contributed by atoms with Crippen LogP contribution in [-0.4, -0.2) is 32.3 Å². The van der Waals surface area contributed by atoms with Crippen molar-refractivity contribution < 1.29 is 27.0 Å². The molecule has 2 N–H and O–H groups in total. The number of nitrogens with one attached hydrogen (secondary N) is 1. The lowest BCUT2D eigenvalue weighted by atomic mass is 10.1. The highest BCUT2D eigenvalue weighted by atomic mass is 32.2. The van der Waals surface area contributed by atoms with Gasteiger partial charge in [0, 0.05) is 12.6 Å². The maximum atomic E-state index is 14.0. The van der Waals surface area contributed by atoms with Gasteiger partial charge in [0.25, 0.3) is 0 Å². The van der Waals surface area contributed by atoms with Gasteiger partial charge in [-0.3, -0.25) is 0 Å². The van der Waals surface area contributed by atoms with Gasteiger partial charge in [-0.05, 0) is 31.9 Å². The summed E-state index contributed by atoms with van der Waals surface area (Å²) in [5.41, 5.74) is -0.654. The third kappa shape index (κ3) is 3.57. The van der Waals surface area contributed by atoms with Crippen LogP contribution in [0.25, 0.3) is 0 Å². The molecule has 0 amide bonds. The van der Waals surface area contributed by atoms with Gasteiger partial charge in [-0.15, -0.1) is 0 Å². The Morgan fingerprint density at radius 2 is 2.14 bits per heavy atom. The van der Waals surface area contributed by atoms with E-state index in [9.17, 15) is 17.2 Å². The smallest absolute Gasteiger partial charge is 0.243 e. The van der Waals surface area contributed by atoms with Crippen LogP contribution in [0.15, 0.2) is 17.0 Å². The van der Waals surface area contributed by atoms with Gasteiger partial charge in [-0.25, -0.2) is 21.9 Å². The maximum Gasteiger partial charge on any atom is 0.243 e. The molecule has 0 bridgehead atoms. The second-order valence-electron chi connectivity index (χ2n) is 5.02. The minimum Gasteiger partial charge on any atom is -0.391 e. The van der Waals surface area contributed by atoms with E-state index in [-0.39, 0.29) is 12.1 Å². The van der Waals surface area contributed by atoms with E-state index in [4.69, 9.17) is 9.84 Å². The van der Waals surface area contributed by atoms with Crippen molar-refractivity contribution in [2.24, 2.45) is 0 Å². The number of benzene rings is 1. The third-order valence-electron chi connectivity index (χ3n) is 3.41. The molecule has 1 aliphatic heterocycles. The van der Waals surface area contributed by atoms with Crippen LogP contribution in [0.3, 0.4) is 0 Å². The summed E-state index contributed by atoms with van der Waals surface area (Å²) >= 11 is 0. The van der Waals surface area contributed by atoms with Gasteiger partial charge >= 0.3 is 0 Å². The van der Waals surface area contributed by atoms with E-state index in [1.54, 1.807) is 0 Å². The molecule has 2 unspecified atom stereocenters. The quantitative estimate of drug-likeness (QED) is 0.876. The van der Waals surface area contributed by atoms with Crippen LogP contribution in [0, 0.1) is 11.6 Å². The van der Waals surface area contributed by atoms with E-state index in [1.165, 1.54) is 0 Å². The van der Waals surface area contributed by atoms with Crippen molar-refractivity contribution in [3.63, 3.8) is 0 Å². The molecular formula is C13H17F2NO4S. The van der Waals surface area contributed by atoms with E-state index in [0.717, 1.165) is 12.1 Å². The molecule has 1 fully saturated rings. The Hall–Kier alpha value is -1.09. The second-order valence-corrected chi connectivity index (χ2v) is 6.70. The average Bonchev–Trinajstić information content (AvgIpc) is 2.38. The summed E-state index contributed by atoms with van der Waals surface area (Å²) < 4.78 is 59.5. The monoisotopic (exact) mass is 321 g/mol. The van der Waals surface area contributed by atoms with Gasteiger partial charge in [0.2, 0.25) is 10.0 Å². The SMILES string of the molecule is CC1CC(NS(=O)(=O)c2ccc(F)c(CO)c2F)CCO1. The van der Waals surface area contributed by atoms with Crippen molar-refractivity contribution in [1.82, 2.24) is 4.72 Å². The highest BCUT2D eigenvalue weighted by Gasteiger charge is 2.28. The lowest BCUT2D eigenvalue weighted by Crippen LogP contribution is -2.41. The first-order chi connectivity index (χ1) is 9.85. The van der Waals surface area contributed by atoms with Crippen molar-refractivity contribution in [1.29, 1.82) is 0 Å². The summed E-state index contributed by atoms with van der Waals surface area (Å²) in [5, 5.41) is 8.93. The molecule has 0 aromatic heterocycles. The highest BCUT2D eigenvalue weighted by molar-refractivity contribution is 7.89. The van der Waals surface area contributed by atoms with Crippen molar-refractivity contribution >= 4 is 10.0 Å². The number of ether oxygens (including phenoxy) is 1. The molecule has 1 heterocycles. The zero-order chi connectivity index (χ0) is 15.6. The zero-order valence-corrected chi connectivity index (χ0v) is 12.3. The van der Waals surface area contributed by atoms with Crippen molar-refractivity contribution in [2.45, 2.75) is 43.4 Å². The van der Waals surface area contributed by atoms with Crippen LogP contribution in [0.1, 0.15) is 25.3 Å². The molecule has 5 nitrogen and oxygen atoms in total. The molecule has 0 aliphatic carbocycles. The first-order valence-electron chi connectivity index (χ1n) is 6.57. The largest absolute Gasteiger partial charge is 0.391 e. The molecule has 0 saturated carbocycles. The Morgan fingerprint density at radius 1 is 1.43 bits per heavy atom. The van der Waals surface area contributed by atoms with Crippen molar-refractivity contribution in [3.8, 4) is 0 Å². The van der Waals surface area contributed by atoms with Crippen LogP contribution in [-0.2, 0) is 21.4 Å². The number of aliphatic hydroxyl groups excluding tert-OH is 1. The fourth-order valence-electron chi connectivity index (χ4n) is 2.32. The van der Waals surface area contributed by atoms with E-state index in [1.807, 2.05) is 6.92 Å². The first-order valence-corrected chi connectivity index (χ1v) is 8.05. The molecule has 2 rings (SSSR count). The molecule has 8 heteroatoms. The number of hydrogen-bond acceptors (Lipinski definition) is 4. The lowest BCUT2D eigenvalue weighted by molar-refractivity contribution is 0.0173. The average molecular weight is 321 g/mol. The van der Waals surface area contributed by atoms with Crippen LogP contribution in [0.2, 0.25) is 0 Å². The lowest BCUT2D eigenvalue weighted by Gasteiger charge is -2.27. The second kappa shape index (κ2) is 6.35. The Bertz CT molecular complexity index is 621. The normalized spacial score (nSPS) is 23.2. The van der Waals surface area contributed by atoms with Crippen LogP contribution >= 0.6 is 0 Å². The number of sulfonamides is 1. The van der Waals surface area contributed by atoms with E-state index >= 15 is 0 Å². The summed E-state index contributed by atoms with van der Waals surface area (Å²) in [5.74, 6) is -2.24. The number of rotatable bonds is 4. The van der Waals surface area contributed by atoms with Crippen LogP contribution < -0.4 is 4.72 Å². The maximum absolute atomic E-state index is 14.0. The number of halogens is 2. The Morgan fingerprint density at radius 3 is 2.76 bits per heavy atom. The standard InChI is InChI=1S/C13H17F2NO4S/c1-8-6-9(4-5-20-8)16-21(18,19)12-3-2-11(14)10(7-17)13(12)15/h2-3,8-9,16-17H,4-7H2,1H3. The molecule has 1 aromatic carbocycles. The highest BCUT2D eigenvalue weighted by Crippen LogP contribution is 2.23. The van der Waals surface area contributed by atoms with Crippen molar-refractivity contribution in [3.05, 3.63) is 29.3 Å². The van der Waals surface area contributed by atoms with Crippen molar-refractivity contribution in [2.75, 3.05) is 6.61 Å². The zero-order valence-electron chi connectivity index (χ0n) is 11.5. The molecule has 1 saturated heterocycles. The molecule has 0 radical (unpaired) electrons. The molecule has 1 aromatic rings. The van der Waals surface area contributed by atoms with Gasteiger partial charge in [-0.2, -0.15) is 0 Å². The third-order valence-corrected chi connectivity index (χ3v) is 4.94. The number of aliphatic hydroxyl groups is 1. The summed E-state index contributed by atoms with van der Waals surface area (Å²) in [6, 6.07) is 1.32. The molecule has 118 valence electrons. The van der Waals surface area contributed by atoms with Gasteiger partial charge in [0.15, 0.2) is 5.82 Å². The molecule has 21 heavy (non-hydrogen) atoms. The molecule has 0 spiro atoms. The number of hydrogen-bond donors (Lipinski definition) is 2. The van der Waals surface area contributed by atoms with Gasteiger partial charge in [0.1, 0.15) is 10.7 Å². The predicted octanol–water partition coefficient (Wildman–Crippen LogP) is 1.30. The van der Waals surface area contributed by atoms with Crippen LogP contribution in [0.5, 0.6) is 0 Å². The van der Waals surface area contributed by atoms with Gasteiger partial charge < -0.3 is 9.84 Å². The fourth-order valence-corrected chi connectivity index (χ4v) is 3.70. The molecule has 2 atom stereocenters. The topological polar surface area (TPSA) is 75.6 Å².